The number of aromatic nitrogens is 3. The van der Waals surface area contributed by atoms with Gasteiger partial charge in [-0.1, -0.05) is 53.0 Å². The quantitative estimate of drug-likeness (QED) is 0.654. The molecule has 0 saturated heterocycles. The van der Waals surface area contributed by atoms with Crippen molar-refractivity contribution in [1.82, 2.24) is 14.8 Å². The molecule has 112 valence electrons. The summed E-state index contributed by atoms with van der Waals surface area (Å²) in [6.45, 7) is 0.234. The average molecular weight is 357 g/mol. The Kier molecular flexibility index (Phi) is 4.34. The molecule has 0 radical (unpaired) electrons. The molecular formula is C15H9Cl3FN3. The predicted octanol–water partition coefficient (Wildman–Crippen LogP) is 5.09. The molecule has 0 saturated carbocycles. The third kappa shape index (κ3) is 2.82. The van der Waals surface area contributed by atoms with E-state index in [1.165, 1.54) is 12.4 Å². The lowest BCUT2D eigenvalue weighted by Crippen LogP contribution is -2.03. The maximum Gasteiger partial charge on any atom is 0.165 e. The van der Waals surface area contributed by atoms with Crippen LogP contribution in [0.4, 0.5) is 4.39 Å². The van der Waals surface area contributed by atoms with E-state index in [4.69, 9.17) is 34.8 Å². The molecule has 1 aromatic heterocycles. The highest BCUT2D eigenvalue weighted by Crippen LogP contribution is 2.32. The summed E-state index contributed by atoms with van der Waals surface area (Å²) in [5.41, 5.74) is 1.07. The van der Waals surface area contributed by atoms with Gasteiger partial charge >= 0.3 is 0 Å². The molecule has 7 heteroatoms. The molecule has 0 spiro atoms. The van der Waals surface area contributed by atoms with Crippen LogP contribution in [-0.4, -0.2) is 14.8 Å². The summed E-state index contributed by atoms with van der Waals surface area (Å²) in [5, 5.41) is 8.80. The molecule has 3 aromatic rings. The fourth-order valence-corrected chi connectivity index (χ4v) is 2.69. The molecule has 22 heavy (non-hydrogen) atoms. The fraction of sp³-hybridized carbons (Fsp3) is 0.0667. The van der Waals surface area contributed by atoms with E-state index in [9.17, 15) is 4.39 Å². The van der Waals surface area contributed by atoms with Crippen molar-refractivity contribution in [1.29, 1.82) is 0 Å². The van der Waals surface area contributed by atoms with E-state index in [0.29, 0.717) is 27.0 Å². The summed E-state index contributed by atoms with van der Waals surface area (Å²) in [6.07, 6.45) is 1.51. The first kappa shape index (κ1) is 15.3. The van der Waals surface area contributed by atoms with Gasteiger partial charge in [-0.25, -0.2) is 4.39 Å². The van der Waals surface area contributed by atoms with Crippen LogP contribution in [0, 0.1) is 5.82 Å². The Hall–Kier alpha value is -1.62. The van der Waals surface area contributed by atoms with Crippen LogP contribution in [0.25, 0.3) is 11.4 Å². The van der Waals surface area contributed by atoms with Gasteiger partial charge in [0.25, 0.3) is 0 Å². The maximum atomic E-state index is 14.0. The van der Waals surface area contributed by atoms with Gasteiger partial charge in [-0.2, -0.15) is 0 Å². The van der Waals surface area contributed by atoms with E-state index in [2.05, 4.69) is 10.2 Å². The Balaban J connectivity index is 2.03. The normalized spacial score (nSPS) is 10.9. The number of hydrogen-bond donors (Lipinski definition) is 0. The molecule has 0 atom stereocenters. The first-order valence-corrected chi connectivity index (χ1v) is 7.46. The summed E-state index contributed by atoms with van der Waals surface area (Å²) in [6, 6.07) is 10.1. The highest BCUT2D eigenvalue weighted by atomic mass is 35.5. The number of nitrogens with zero attached hydrogens (tertiary/aromatic N) is 3. The lowest BCUT2D eigenvalue weighted by atomic mass is 10.2. The van der Waals surface area contributed by atoms with Crippen molar-refractivity contribution >= 4 is 34.8 Å². The third-order valence-electron chi connectivity index (χ3n) is 3.18. The molecule has 0 N–H and O–H groups in total. The highest BCUT2D eigenvalue weighted by molar-refractivity contribution is 6.43. The zero-order valence-corrected chi connectivity index (χ0v) is 13.4. The first-order chi connectivity index (χ1) is 10.6. The van der Waals surface area contributed by atoms with Crippen LogP contribution in [0.3, 0.4) is 0 Å². The van der Waals surface area contributed by atoms with Crippen LogP contribution in [0.5, 0.6) is 0 Å². The van der Waals surface area contributed by atoms with E-state index < -0.39 is 5.82 Å². The molecule has 2 aromatic carbocycles. The van der Waals surface area contributed by atoms with Crippen molar-refractivity contribution < 1.29 is 4.39 Å². The number of halogens is 4. The Labute approximate surface area is 141 Å². The number of benzene rings is 2. The van der Waals surface area contributed by atoms with Gasteiger partial charge in [-0.3, -0.25) is 0 Å². The van der Waals surface area contributed by atoms with E-state index in [1.54, 1.807) is 34.9 Å². The molecule has 1 heterocycles. The first-order valence-electron chi connectivity index (χ1n) is 6.33. The molecule has 0 aliphatic carbocycles. The van der Waals surface area contributed by atoms with Crippen LogP contribution < -0.4 is 0 Å². The minimum absolute atomic E-state index is 0.0768. The van der Waals surface area contributed by atoms with Crippen LogP contribution in [0.1, 0.15) is 5.56 Å². The largest absolute Gasteiger partial charge is 0.309 e. The van der Waals surface area contributed by atoms with Crippen molar-refractivity contribution in [3.8, 4) is 11.4 Å². The molecular weight excluding hydrogens is 348 g/mol. The van der Waals surface area contributed by atoms with Crippen molar-refractivity contribution in [2.45, 2.75) is 6.54 Å². The average Bonchev–Trinajstić information content (AvgIpc) is 2.95. The molecule has 0 aliphatic heterocycles. The topological polar surface area (TPSA) is 30.7 Å². The second kappa shape index (κ2) is 6.24. The fourth-order valence-electron chi connectivity index (χ4n) is 2.11. The van der Waals surface area contributed by atoms with Gasteiger partial charge in [0.05, 0.1) is 21.6 Å². The maximum absolute atomic E-state index is 14.0. The van der Waals surface area contributed by atoms with Crippen LogP contribution in [0.2, 0.25) is 15.1 Å². The zero-order valence-electron chi connectivity index (χ0n) is 11.1. The summed E-state index contributed by atoms with van der Waals surface area (Å²) >= 11 is 18.0. The van der Waals surface area contributed by atoms with Gasteiger partial charge in [0.2, 0.25) is 0 Å². The second-order valence-electron chi connectivity index (χ2n) is 4.60. The Bertz CT molecular complexity index is 833. The minimum Gasteiger partial charge on any atom is -0.309 e. The lowest BCUT2D eigenvalue weighted by Gasteiger charge is -2.10. The molecule has 3 nitrogen and oxygen atoms in total. The van der Waals surface area contributed by atoms with Gasteiger partial charge in [0.15, 0.2) is 5.82 Å². The molecule has 0 fully saturated rings. The van der Waals surface area contributed by atoms with E-state index >= 15 is 0 Å². The van der Waals surface area contributed by atoms with Gasteiger partial charge in [0.1, 0.15) is 12.1 Å². The molecule has 0 aliphatic rings. The third-order valence-corrected chi connectivity index (χ3v) is 4.29. The van der Waals surface area contributed by atoms with Crippen LogP contribution in [-0.2, 0) is 6.54 Å². The summed E-state index contributed by atoms with van der Waals surface area (Å²) < 4.78 is 15.7. The Morgan fingerprint density at radius 2 is 1.73 bits per heavy atom. The molecule has 0 bridgehead atoms. The van der Waals surface area contributed by atoms with Gasteiger partial charge in [-0.05, 0) is 18.2 Å². The Morgan fingerprint density at radius 1 is 1.00 bits per heavy atom. The predicted molar refractivity (Wildman–Crippen MR) is 86.0 cm³/mol. The summed E-state index contributed by atoms with van der Waals surface area (Å²) in [7, 11) is 0. The smallest absolute Gasteiger partial charge is 0.165 e. The number of rotatable bonds is 3. The summed E-state index contributed by atoms with van der Waals surface area (Å²) in [5.74, 6) is 0.0490. The molecule has 0 amide bonds. The van der Waals surface area contributed by atoms with Crippen molar-refractivity contribution in [2.75, 3.05) is 0 Å². The zero-order chi connectivity index (χ0) is 15.7. The monoisotopic (exact) mass is 355 g/mol. The SMILES string of the molecule is Fc1c(Cl)cccc1Cn1cnnc1-c1cccc(Cl)c1Cl. The van der Waals surface area contributed by atoms with Crippen LogP contribution >= 0.6 is 34.8 Å². The Morgan fingerprint density at radius 3 is 2.55 bits per heavy atom. The molecule has 0 unspecified atom stereocenters. The van der Waals surface area contributed by atoms with Crippen molar-refractivity contribution in [2.24, 2.45) is 0 Å². The van der Waals surface area contributed by atoms with E-state index in [-0.39, 0.29) is 11.6 Å². The number of hydrogen-bond acceptors (Lipinski definition) is 2. The second-order valence-corrected chi connectivity index (χ2v) is 5.79. The molecule has 3 rings (SSSR count). The van der Waals surface area contributed by atoms with Gasteiger partial charge in [-0.15, -0.1) is 10.2 Å². The lowest BCUT2D eigenvalue weighted by molar-refractivity contribution is 0.600. The van der Waals surface area contributed by atoms with Gasteiger partial charge in [0, 0.05) is 11.1 Å². The standard InChI is InChI=1S/C15H9Cl3FN3/c16-11-5-2-4-10(13(11)18)15-21-20-8-22(15)7-9-3-1-6-12(17)14(9)19/h1-6,8H,7H2. The van der Waals surface area contributed by atoms with Gasteiger partial charge < -0.3 is 4.57 Å². The minimum atomic E-state index is -0.457. The van der Waals surface area contributed by atoms with Crippen molar-refractivity contribution in [3.05, 3.63) is 69.2 Å². The van der Waals surface area contributed by atoms with Crippen molar-refractivity contribution in [3.63, 3.8) is 0 Å². The summed E-state index contributed by atoms with van der Waals surface area (Å²) in [4.78, 5) is 0. The van der Waals surface area contributed by atoms with E-state index in [0.717, 1.165) is 0 Å². The van der Waals surface area contributed by atoms with Crippen LogP contribution in [0.15, 0.2) is 42.7 Å². The highest BCUT2D eigenvalue weighted by Gasteiger charge is 2.15. The van der Waals surface area contributed by atoms with E-state index in [1.807, 2.05) is 0 Å².